The average Bonchev–Trinajstić information content (AvgIpc) is 3.38. The van der Waals surface area contributed by atoms with Crippen LogP contribution >= 0.6 is 22.9 Å². The van der Waals surface area contributed by atoms with Gasteiger partial charge in [0.2, 0.25) is 5.82 Å². The number of hydrogen-bond donors (Lipinski definition) is 0. The molecule has 8 heteroatoms. The monoisotopic (exact) mass is 396 g/mol. The number of hydrogen-bond acceptors (Lipinski definition) is 6. The molecule has 4 aromatic heterocycles. The van der Waals surface area contributed by atoms with E-state index in [2.05, 4.69) is 15.1 Å². The predicted molar refractivity (Wildman–Crippen MR) is 104 cm³/mol. The van der Waals surface area contributed by atoms with E-state index in [-0.39, 0.29) is 6.61 Å². The summed E-state index contributed by atoms with van der Waals surface area (Å²) >= 11 is 7.77. The summed E-state index contributed by atoms with van der Waals surface area (Å²) in [5.74, 6) is 2.42. The third-order valence-electron chi connectivity index (χ3n) is 4.21. The molecule has 0 saturated heterocycles. The Bertz CT molecular complexity index is 1250. The van der Waals surface area contributed by atoms with E-state index in [0.717, 1.165) is 21.4 Å². The van der Waals surface area contributed by atoms with Gasteiger partial charge in [0.1, 0.15) is 29.3 Å². The highest BCUT2D eigenvalue weighted by Crippen LogP contribution is 2.30. The maximum Gasteiger partial charge on any atom is 0.217 e. The second kappa shape index (κ2) is 6.37. The number of rotatable bonds is 4. The number of ether oxygens (including phenoxy) is 1. The molecule has 0 aliphatic heterocycles. The Morgan fingerprint density at radius 1 is 1.22 bits per heavy atom. The molecule has 1 aromatic carbocycles. The smallest absolute Gasteiger partial charge is 0.217 e. The van der Waals surface area contributed by atoms with Crippen molar-refractivity contribution in [2.45, 2.75) is 13.5 Å². The van der Waals surface area contributed by atoms with Crippen molar-refractivity contribution in [1.82, 2.24) is 19.6 Å². The van der Waals surface area contributed by atoms with Crippen LogP contribution in [0.4, 0.5) is 0 Å². The van der Waals surface area contributed by atoms with Crippen LogP contribution in [0.1, 0.15) is 11.3 Å². The lowest BCUT2D eigenvalue weighted by Gasteiger charge is -2.09. The molecule has 0 aliphatic carbocycles. The molecule has 0 radical (unpaired) electrons. The highest BCUT2D eigenvalue weighted by Gasteiger charge is 2.14. The molecular weight excluding hydrogens is 384 g/mol. The minimum absolute atomic E-state index is 0.272. The van der Waals surface area contributed by atoms with Gasteiger partial charge >= 0.3 is 0 Å². The molecule has 0 amide bonds. The lowest BCUT2D eigenvalue weighted by molar-refractivity contribution is 0.270. The van der Waals surface area contributed by atoms with Crippen LogP contribution in [0, 0.1) is 6.92 Å². The van der Waals surface area contributed by atoms with Crippen LogP contribution in [-0.2, 0) is 6.61 Å². The fraction of sp³-hybridized carbons (Fsp3) is 0.105. The van der Waals surface area contributed by atoms with Crippen LogP contribution in [-0.4, -0.2) is 19.6 Å². The number of halogens is 1. The molecule has 0 unspecified atom stereocenters. The Balaban J connectivity index is 1.42. The van der Waals surface area contributed by atoms with E-state index in [1.54, 1.807) is 28.2 Å². The van der Waals surface area contributed by atoms with Crippen molar-refractivity contribution in [3.05, 3.63) is 64.5 Å². The highest BCUT2D eigenvalue weighted by atomic mass is 35.5. The first-order valence-electron chi connectivity index (χ1n) is 8.24. The second-order valence-corrected chi connectivity index (χ2v) is 7.33. The minimum Gasteiger partial charge on any atom is -0.484 e. The zero-order valence-electron chi connectivity index (χ0n) is 14.2. The van der Waals surface area contributed by atoms with Gasteiger partial charge in [-0.05, 0) is 42.1 Å². The molecule has 134 valence electrons. The summed E-state index contributed by atoms with van der Waals surface area (Å²) in [5.41, 5.74) is 1.74. The molecule has 0 saturated carbocycles. The van der Waals surface area contributed by atoms with Crippen molar-refractivity contribution in [2.24, 2.45) is 0 Å². The fourth-order valence-corrected chi connectivity index (χ4v) is 3.89. The zero-order valence-corrected chi connectivity index (χ0v) is 15.8. The molecule has 0 atom stereocenters. The molecule has 0 N–H and O–H groups in total. The van der Waals surface area contributed by atoms with Gasteiger partial charge < -0.3 is 9.15 Å². The summed E-state index contributed by atoms with van der Waals surface area (Å²) in [7, 11) is 0. The molecule has 5 rings (SSSR count). The first kappa shape index (κ1) is 16.3. The summed E-state index contributed by atoms with van der Waals surface area (Å²) in [6.45, 7) is 2.23. The molecule has 27 heavy (non-hydrogen) atoms. The van der Waals surface area contributed by atoms with Crippen molar-refractivity contribution in [1.29, 1.82) is 0 Å². The Morgan fingerprint density at radius 3 is 3.04 bits per heavy atom. The molecule has 0 spiro atoms. The summed E-state index contributed by atoms with van der Waals surface area (Å²) in [5, 5.41) is 8.01. The zero-order chi connectivity index (χ0) is 18.4. The number of fused-ring (bicyclic) bond motifs is 3. The molecule has 0 fully saturated rings. The number of nitrogens with zero attached hydrogens (tertiary/aromatic N) is 4. The van der Waals surface area contributed by atoms with E-state index in [4.69, 9.17) is 20.8 Å². The van der Waals surface area contributed by atoms with Crippen molar-refractivity contribution in [3.63, 3.8) is 0 Å². The molecule has 4 heterocycles. The maximum absolute atomic E-state index is 6.20. The van der Waals surface area contributed by atoms with E-state index >= 15 is 0 Å². The van der Waals surface area contributed by atoms with Gasteiger partial charge in [0, 0.05) is 0 Å². The summed E-state index contributed by atoms with van der Waals surface area (Å²) in [4.78, 5) is 9.92. The molecule has 0 bridgehead atoms. The van der Waals surface area contributed by atoms with Gasteiger partial charge in [-0.25, -0.2) is 14.5 Å². The third-order valence-corrected chi connectivity index (χ3v) is 5.32. The van der Waals surface area contributed by atoms with Crippen molar-refractivity contribution >= 4 is 38.8 Å². The SMILES string of the molecule is Cc1cccc(Cl)c1OCc1ccc(-c2nc3c4ccsc4ncn3n2)o1. The Kier molecular flexibility index (Phi) is 3.84. The van der Waals surface area contributed by atoms with E-state index in [9.17, 15) is 0 Å². The molecule has 0 aliphatic rings. The quantitative estimate of drug-likeness (QED) is 0.421. The van der Waals surface area contributed by atoms with E-state index in [1.165, 1.54) is 0 Å². The first-order chi connectivity index (χ1) is 13.2. The number of aryl methyl sites for hydroxylation is 1. The lowest BCUT2D eigenvalue weighted by Crippen LogP contribution is -1.96. The number of benzene rings is 1. The van der Waals surface area contributed by atoms with Crippen LogP contribution in [0.3, 0.4) is 0 Å². The van der Waals surface area contributed by atoms with Gasteiger partial charge in [-0.3, -0.25) is 0 Å². The van der Waals surface area contributed by atoms with Crippen LogP contribution in [0.25, 0.3) is 27.4 Å². The predicted octanol–water partition coefficient (Wildman–Crippen LogP) is 5.14. The Labute approximate surface area is 163 Å². The van der Waals surface area contributed by atoms with Crippen LogP contribution in [0.5, 0.6) is 5.75 Å². The van der Waals surface area contributed by atoms with Gasteiger partial charge in [-0.2, -0.15) is 0 Å². The maximum atomic E-state index is 6.20. The molecule has 5 aromatic rings. The third kappa shape index (κ3) is 2.85. The summed E-state index contributed by atoms with van der Waals surface area (Å²) < 4.78 is 13.4. The number of para-hydroxylation sites is 1. The fourth-order valence-electron chi connectivity index (χ4n) is 2.89. The Morgan fingerprint density at radius 2 is 2.15 bits per heavy atom. The van der Waals surface area contributed by atoms with Crippen LogP contribution in [0.2, 0.25) is 5.02 Å². The van der Waals surface area contributed by atoms with Gasteiger partial charge in [0.15, 0.2) is 11.4 Å². The lowest BCUT2D eigenvalue weighted by atomic mass is 10.2. The van der Waals surface area contributed by atoms with Crippen LogP contribution < -0.4 is 4.74 Å². The van der Waals surface area contributed by atoms with E-state index in [1.807, 2.05) is 42.6 Å². The number of thiophene rings is 1. The average molecular weight is 397 g/mol. The summed E-state index contributed by atoms with van der Waals surface area (Å²) in [6.07, 6.45) is 1.66. The number of aromatic nitrogens is 4. The minimum atomic E-state index is 0.272. The van der Waals surface area contributed by atoms with Gasteiger partial charge in [-0.1, -0.05) is 23.7 Å². The van der Waals surface area contributed by atoms with Crippen molar-refractivity contribution < 1.29 is 9.15 Å². The number of furan rings is 1. The van der Waals surface area contributed by atoms with Gasteiger partial charge in [-0.15, -0.1) is 16.4 Å². The summed E-state index contributed by atoms with van der Waals surface area (Å²) in [6, 6.07) is 11.3. The van der Waals surface area contributed by atoms with Crippen molar-refractivity contribution in [2.75, 3.05) is 0 Å². The van der Waals surface area contributed by atoms with E-state index < -0.39 is 0 Å². The Hall–Kier alpha value is -2.90. The second-order valence-electron chi connectivity index (χ2n) is 6.03. The molecule has 6 nitrogen and oxygen atoms in total. The van der Waals surface area contributed by atoms with Gasteiger partial charge in [0.05, 0.1) is 10.4 Å². The van der Waals surface area contributed by atoms with Crippen LogP contribution in [0.15, 0.2) is 52.5 Å². The first-order valence-corrected chi connectivity index (χ1v) is 9.50. The highest BCUT2D eigenvalue weighted by molar-refractivity contribution is 7.16. The topological polar surface area (TPSA) is 65.5 Å². The molecular formula is C19H13ClN4O2S. The normalized spacial score (nSPS) is 11.5. The standard InChI is InChI=1S/C19H13ClN4O2S/c1-11-3-2-4-14(20)16(11)25-9-12-5-6-15(26-12)17-22-18-13-7-8-27-19(13)21-10-24(18)23-17/h2-8,10H,9H2,1H3. The van der Waals surface area contributed by atoms with Gasteiger partial charge in [0.25, 0.3) is 0 Å². The largest absolute Gasteiger partial charge is 0.484 e. The van der Waals surface area contributed by atoms with Crippen molar-refractivity contribution in [3.8, 4) is 17.3 Å². The van der Waals surface area contributed by atoms with E-state index in [0.29, 0.717) is 28.1 Å².